The first kappa shape index (κ1) is 19.6. The fourth-order valence-electron chi connectivity index (χ4n) is 5.25. The summed E-state index contributed by atoms with van der Waals surface area (Å²) in [6, 6.07) is 12.4. The van der Waals surface area contributed by atoms with Crippen LogP contribution in [0.25, 0.3) is 11.0 Å². The van der Waals surface area contributed by atoms with Gasteiger partial charge < -0.3 is 24.3 Å². The van der Waals surface area contributed by atoms with Crippen molar-refractivity contribution in [3.8, 4) is 23.1 Å². The Balaban J connectivity index is 1.01. The van der Waals surface area contributed by atoms with E-state index in [9.17, 15) is 0 Å². The molecular formula is C25H27N3O4. The van der Waals surface area contributed by atoms with Crippen LogP contribution < -0.4 is 24.3 Å². The van der Waals surface area contributed by atoms with E-state index in [0.717, 1.165) is 53.3 Å². The summed E-state index contributed by atoms with van der Waals surface area (Å²) < 4.78 is 22.8. The number of nitrogens with zero attached hydrogens (tertiary/aromatic N) is 2. The van der Waals surface area contributed by atoms with E-state index in [-0.39, 0.29) is 0 Å². The van der Waals surface area contributed by atoms with Crippen LogP contribution in [-0.4, -0.2) is 42.9 Å². The second kappa shape index (κ2) is 8.13. The molecule has 0 spiro atoms. The molecule has 0 bridgehead atoms. The molecule has 2 aromatic heterocycles. The van der Waals surface area contributed by atoms with Crippen LogP contribution in [0.1, 0.15) is 18.4 Å². The van der Waals surface area contributed by atoms with E-state index < -0.39 is 0 Å². The fourth-order valence-corrected chi connectivity index (χ4v) is 5.25. The highest BCUT2D eigenvalue weighted by Crippen LogP contribution is 2.57. The quantitative estimate of drug-likeness (QED) is 0.610. The van der Waals surface area contributed by atoms with Crippen LogP contribution in [0.2, 0.25) is 0 Å². The second-order valence-electron chi connectivity index (χ2n) is 8.86. The smallest absolute Gasteiger partial charge is 0.213 e. The zero-order valence-corrected chi connectivity index (χ0v) is 18.1. The number of aromatic nitrogens is 2. The number of methoxy groups -OCH3 is 1. The van der Waals surface area contributed by atoms with Crippen molar-refractivity contribution < 1.29 is 18.9 Å². The molecule has 2 aliphatic carbocycles. The molecule has 32 heavy (non-hydrogen) atoms. The standard InChI is InChI=1S/C25H27N3O4/c1-29-24-5-3-20-25(28-24)22(6-7-26-20)32-14-19-17-11-16(12-18(17)19)27-13-15-2-4-21-23(10-15)31-9-8-30-21/h2-7,10,16-19,27H,8-9,11-14H2,1H3/t16?,17-,18+,19?. The van der Waals surface area contributed by atoms with Gasteiger partial charge in [-0.2, -0.15) is 0 Å². The number of fused-ring (bicyclic) bond motifs is 3. The lowest BCUT2D eigenvalue weighted by Crippen LogP contribution is -2.28. The Morgan fingerprint density at radius 3 is 2.72 bits per heavy atom. The van der Waals surface area contributed by atoms with Gasteiger partial charge in [0.25, 0.3) is 0 Å². The molecule has 7 nitrogen and oxygen atoms in total. The first-order valence-corrected chi connectivity index (χ1v) is 11.3. The summed E-state index contributed by atoms with van der Waals surface area (Å²) in [5.41, 5.74) is 2.82. The molecule has 1 aliphatic heterocycles. The number of benzene rings is 1. The van der Waals surface area contributed by atoms with Gasteiger partial charge in [-0.25, -0.2) is 4.98 Å². The fraction of sp³-hybridized carbons (Fsp3) is 0.440. The Morgan fingerprint density at radius 2 is 1.88 bits per heavy atom. The number of hydrogen-bond acceptors (Lipinski definition) is 7. The van der Waals surface area contributed by atoms with Crippen LogP contribution in [0.4, 0.5) is 0 Å². The lowest BCUT2D eigenvalue weighted by atomic mass is 10.1. The predicted octanol–water partition coefficient (Wildman–Crippen LogP) is 3.60. The maximum Gasteiger partial charge on any atom is 0.213 e. The van der Waals surface area contributed by atoms with E-state index in [1.165, 1.54) is 18.4 Å². The van der Waals surface area contributed by atoms with Gasteiger partial charge in [0.1, 0.15) is 24.5 Å². The maximum atomic E-state index is 6.19. The summed E-state index contributed by atoms with van der Waals surface area (Å²) in [6.07, 6.45) is 4.20. The highest BCUT2D eigenvalue weighted by atomic mass is 16.6. The molecule has 3 aliphatic rings. The van der Waals surface area contributed by atoms with Crippen molar-refractivity contribution >= 4 is 11.0 Å². The second-order valence-corrected chi connectivity index (χ2v) is 8.86. The monoisotopic (exact) mass is 433 g/mol. The van der Waals surface area contributed by atoms with Gasteiger partial charge in [0.05, 0.1) is 19.2 Å². The van der Waals surface area contributed by atoms with E-state index in [4.69, 9.17) is 18.9 Å². The molecule has 1 aromatic carbocycles. The van der Waals surface area contributed by atoms with Crippen molar-refractivity contribution in [1.29, 1.82) is 0 Å². The summed E-state index contributed by atoms with van der Waals surface area (Å²) in [5, 5.41) is 3.73. The summed E-state index contributed by atoms with van der Waals surface area (Å²) in [5.74, 6) is 5.21. The molecule has 6 rings (SSSR count). The lowest BCUT2D eigenvalue weighted by Gasteiger charge is -2.20. The number of nitrogens with one attached hydrogen (secondary N) is 1. The molecule has 3 heterocycles. The van der Waals surface area contributed by atoms with Crippen molar-refractivity contribution in [3.63, 3.8) is 0 Å². The molecule has 7 heteroatoms. The first-order valence-electron chi connectivity index (χ1n) is 11.3. The first-order chi connectivity index (χ1) is 15.8. The van der Waals surface area contributed by atoms with Crippen LogP contribution in [0.3, 0.4) is 0 Å². The zero-order valence-electron chi connectivity index (χ0n) is 18.1. The molecule has 2 saturated carbocycles. The summed E-state index contributed by atoms with van der Waals surface area (Å²) in [7, 11) is 1.62. The Hall–Kier alpha value is -3.06. The molecule has 2 unspecified atom stereocenters. The molecule has 3 aromatic rings. The molecule has 1 N–H and O–H groups in total. The molecule has 2 fully saturated rings. The van der Waals surface area contributed by atoms with Gasteiger partial charge in [0.2, 0.25) is 5.88 Å². The SMILES string of the molecule is COc1ccc2nccc(OCC3[C@H]4CC(NCc5ccc6c(c5)OCCO6)C[C@@H]34)c2n1. The van der Waals surface area contributed by atoms with Crippen molar-refractivity contribution in [2.45, 2.75) is 25.4 Å². The van der Waals surface area contributed by atoms with Crippen LogP contribution in [0.5, 0.6) is 23.1 Å². The minimum absolute atomic E-state index is 0.571. The largest absolute Gasteiger partial charge is 0.491 e. The highest BCUT2D eigenvalue weighted by molar-refractivity contribution is 5.81. The Bertz CT molecular complexity index is 1130. The summed E-state index contributed by atoms with van der Waals surface area (Å²) in [6.45, 7) is 2.85. The van der Waals surface area contributed by atoms with E-state index in [2.05, 4.69) is 27.4 Å². The molecule has 0 saturated heterocycles. The van der Waals surface area contributed by atoms with Crippen LogP contribution in [0.15, 0.2) is 42.6 Å². The van der Waals surface area contributed by atoms with Gasteiger partial charge in [-0.3, -0.25) is 4.98 Å². The van der Waals surface area contributed by atoms with Crippen LogP contribution in [0, 0.1) is 17.8 Å². The van der Waals surface area contributed by atoms with E-state index in [0.29, 0.717) is 31.1 Å². The van der Waals surface area contributed by atoms with Gasteiger partial charge in [0, 0.05) is 30.9 Å². The van der Waals surface area contributed by atoms with E-state index in [1.807, 2.05) is 24.3 Å². The minimum atomic E-state index is 0.571. The van der Waals surface area contributed by atoms with Crippen LogP contribution in [-0.2, 0) is 6.54 Å². The minimum Gasteiger partial charge on any atom is -0.491 e. The molecule has 0 amide bonds. The highest BCUT2D eigenvalue weighted by Gasteiger charge is 2.56. The number of rotatable bonds is 7. The normalized spacial score (nSPS) is 25.4. The Morgan fingerprint density at radius 1 is 1.03 bits per heavy atom. The number of hydrogen-bond donors (Lipinski definition) is 1. The molecule has 166 valence electrons. The summed E-state index contributed by atoms with van der Waals surface area (Å²) in [4.78, 5) is 8.89. The third-order valence-electron chi connectivity index (χ3n) is 6.99. The zero-order chi connectivity index (χ0) is 21.5. The average molecular weight is 434 g/mol. The summed E-state index contributed by atoms with van der Waals surface area (Å²) >= 11 is 0. The van der Waals surface area contributed by atoms with Gasteiger partial charge in [-0.05, 0) is 54.4 Å². The lowest BCUT2D eigenvalue weighted by molar-refractivity contribution is 0.171. The number of pyridine rings is 2. The van der Waals surface area contributed by atoms with E-state index >= 15 is 0 Å². The van der Waals surface area contributed by atoms with Gasteiger partial charge in [-0.1, -0.05) is 6.07 Å². The van der Waals surface area contributed by atoms with Crippen molar-refractivity contribution in [2.24, 2.45) is 17.8 Å². The van der Waals surface area contributed by atoms with Gasteiger partial charge in [-0.15, -0.1) is 0 Å². The average Bonchev–Trinajstić information content (AvgIpc) is 3.29. The molecule has 4 atom stereocenters. The van der Waals surface area contributed by atoms with Crippen molar-refractivity contribution in [1.82, 2.24) is 15.3 Å². The topological polar surface area (TPSA) is 74.7 Å². The maximum absolute atomic E-state index is 6.19. The third kappa shape index (κ3) is 3.71. The van der Waals surface area contributed by atoms with Crippen LogP contribution >= 0.6 is 0 Å². The number of ether oxygens (including phenoxy) is 4. The van der Waals surface area contributed by atoms with Crippen molar-refractivity contribution in [2.75, 3.05) is 26.9 Å². The Labute approximate surface area is 187 Å². The van der Waals surface area contributed by atoms with E-state index in [1.54, 1.807) is 13.3 Å². The van der Waals surface area contributed by atoms with Gasteiger partial charge in [0.15, 0.2) is 11.5 Å². The van der Waals surface area contributed by atoms with Crippen molar-refractivity contribution in [3.05, 3.63) is 48.2 Å². The van der Waals surface area contributed by atoms with Gasteiger partial charge >= 0.3 is 0 Å². The molecular weight excluding hydrogens is 406 g/mol. The predicted molar refractivity (Wildman–Crippen MR) is 119 cm³/mol. The third-order valence-corrected chi connectivity index (χ3v) is 6.99. The Kier molecular flexibility index (Phi) is 4.98. The molecule has 0 radical (unpaired) electrons.